The van der Waals surface area contributed by atoms with Gasteiger partial charge in [0.15, 0.2) is 5.78 Å². The summed E-state index contributed by atoms with van der Waals surface area (Å²) in [4.78, 5) is 102. The van der Waals surface area contributed by atoms with Crippen LogP contribution in [0.1, 0.15) is 138 Å². The Morgan fingerprint density at radius 3 is 1.60 bits per heavy atom. The molecule has 13 heterocycles. The SMILES string of the molecule is C.COC(=O)c1cc2ccc(B3OC(C)(C)C(C)(C)O3)cc2[nH]1.Cc1cc(-c2ccc3cc(C(=O)Cc4ccnnc4)[nH]c3c2)nc(Nc2ccc3[nH]ncc3c2)n1.Cc1cc(-c2ccc3cc(C(=O)O)[nH]c3c2)nc(Nc2ccc3[nH]ncc3c2)n1.Cc1cc(Cl)nc(Cl)n1.Cc1cc(Cl)nc(N(C(=O)OC(C)(C)C)c2ccc3c(c2)C=NC3)n1.N/C=C\C(N)=C/N.Nc1ccc2c(c1)C=NC2. The predicted molar refractivity (Wildman–Crippen MR) is 543 cm³/mol. The van der Waals surface area contributed by atoms with Crippen molar-refractivity contribution in [3.63, 3.8) is 0 Å². The van der Waals surface area contributed by atoms with E-state index in [1.54, 1.807) is 75.2 Å². The lowest BCUT2D eigenvalue weighted by Crippen LogP contribution is -2.41. The van der Waals surface area contributed by atoms with E-state index in [4.69, 9.17) is 81.5 Å². The minimum absolute atomic E-state index is 0. The van der Waals surface area contributed by atoms with Crippen LogP contribution in [0.15, 0.2) is 235 Å². The molecule has 0 radical (unpaired) electrons. The van der Waals surface area contributed by atoms with Crippen molar-refractivity contribution >= 4 is 179 Å². The lowest BCUT2D eigenvalue weighted by molar-refractivity contribution is 0.00578. The number of carbonyl (C=O) groups excluding carboxylic acids is 3. The Kier molecular flexibility index (Phi) is 31.3. The molecular weight excluding hydrogens is 1810 g/mol. The van der Waals surface area contributed by atoms with E-state index in [0.717, 1.165) is 140 Å². The molecule has 1 fully saturated rings. The van der Waals surface area contributed by atoms with Gasteiger partial charge in [-0.25, -0.2) is 59.2 Å². The minimum Gasteiger partial charge on any atom is -0.477 e. The van der Waals surface area contributed by atoms with E-state index >= 15 is 0 Å². The molecule has 1 amide bonds. The van der Waals surface area contributed by atoms with Gasteiger partial charge in [-0.1, -0.05) is 79.2 Å². The molecule has 3 aliphatic rings. The highest BCUT2D eigenvalue weighted by atomic mass is 35.5. The number of Topliss-reactive ketones (excluding diaryl/α,β-unsaturated/α-hetero) is 1. The molecule has 20 rings (SSSR count). The van der Waals surface area contributed by atoms with Crippen molar-refractivity contribution in [2.24, 2.45) is 27.2 Å². The molecule has 0 saturated carbocycles. The maximum atomic E-state index is 12.8. The first kappa shape index (κ1) is 99.3. The maximum Gasteiger partial charge on any atom is 0.494 e. The summed E-state index contributed by atoms with van der Waals surface area (Å²) >= 11 is 17.0. The first-order valence-electron chi connectivity index (χ1n) is 42.7. The van der Waals surface area contributed by atoms with Crippen LogP contribution in [0.3, 0.4) is 0 Å². The van der Waals surface area contributed by atoms with Gasteiger partial charge >= 0.3 is 25.2 Å². The average Bonchev–Trinajstić information content (AvgIpc) is 1.61. The number of anilines is 7. The number of nitrogens with zero attached hydrogens (tertiary/aromatic N) is 15. The molecule has 10 aromatic heterocycles. The lowest BCUT2D eigenvalue weighted by Gasteiger charge is -2.32. The number of halogens is 3. The number of methoxy groups -OCH3 is 1. The normalized spacial score (nSPS) is 12.9. The first-order chi connectivity index (χ1) is 65.5. The Morgan fingerprint density at radius 2 is 1.08 bits per heavy atom. The smallest absolute Gasteiger partial charge is 0.477 e. The Hall–Kier alpha value is -16.1. The number of carboxylic acids is 1. The molecule has 704 valence electrons. The number of aromatic amines is 5. The summed E-state index contributed by atoms with van der Waals surface area (Å²) in [6.07, 6.45) is 14.2. The fourth-order valence-electron chi connectivity index (χ4n) is 14.1. The summed E-state index contributed by atoms with van der Waals surface area (Å²) < 4.78 is 22.4. The average molecular weight is 1920 g/mol. The number of ether oxygens (including phenoxy) is 2. The van der Waals surface area contributed by atoms with Crippen molar-refractivity contribution in [1.82, 2.24) is 85.4 Å². The predicted octanol–water partition coefficient (Wildman–Crippen LogP) is 18.9. The molecule has 39 heteroatoms. The van der Waals surface area contributed by atoms with Crippen molar-refractivity contribution in [2.45, 2.75) is 120 Å². The number of esters is 1. The van der Waals surface area contributed by atoms with E-state index < -0.39 is 24.8 Å². The number of nitrogens with two attached hydrogens (primary N) is 4. The maximum absolute atomic E-state index is 12.8. The number of aromatic carboxylic acids is 1. The Labute approximate surface area is 808 Å². The summed E-state index contributed by atoms with van der Waals surface area (Å²) in [6.45, 7) is 22.4. The van der Waals surface area contributed by atoms with Gasteiger partial charge in [-0.15, -0.1) is 0 Å². The number of hydrogen-bond acceptors (Lipinski definition) is 28. The summed E-state index contributed by atoms with van der Waals surface area (Å²) in [5.41, 5.74) is 41.1. The number of carbonyl (C=O) groups is 4. The Balaban J connectivity index is 0.000000143. The molecule has 0 unspecified atom stereocenters. The third-order valence-corrected chi connectivity index (χ3v) is 22.0. The molecule has 0 spiro atoms. The van der Waals surface area contributed by atoms with Crippen LogP contribution in [0.2, 0.25) is 15.6 Å². The van der Waals surface area contributed by atoms with Crippen LogP contribution in [0, 0.1) is 27.7 Å². The lowest BCUT2D eigenvalue weighted by atomic mass is 9.79. The number of hydrogen-bond donors (Lipinski definition) is 12. The van der Waals surface area contributed by atoms with E-state index in [9.17, 15) is 24.3 Å². The topological polar surface area (TPSA) is 515 Å². The van der Waals surface area contributed by atoms with Crippen LogP contribution in [-0.2, 0) is 38.3 Å². The summed E-state index contributed by atoms with van der Waals surface area (Å²) in [7, 11) is 0.947. The minimum atomic E-state index is -0.985. The molecular formula is C99H100BCl3N26O9. The van der Waals surface area contributed by atoms with E-state index in [0.29, 0.717) is 52.1 Å². The van der Waals surface area contributed by atoms with Gasteiger partial charge in [0.05, 0.1) is 83.8 Å². The van der Waals surface area contributed by atoms with Gasteiger partial charge in [-0.2, -0.15) is 20.4 Å². The van der Waals surface area contributed by atoms with Gasteiger partial charge in [-0.05, 0) is 261 Å². The zero-order valence-electron chi connectivity index (χ0n) is 76.5. The summed E-state index contributed by atoms with van der Waals surface area (Å²) in [5, 5.41) is 42.8. The summed E-state index contributed by atoms with van der Waals surface area (Å²) in [5.74, 6) is -0.198. The zero-order chi connectivity index (χ0) is 97.6. The number of aliphatic imine (C=N–C) groups is 2. The fraction of sp³-hybridized carbons (Fsp3) is 0.192. The highest BCUT2D eigenvalue weighted by molar-refractivity contribution is 6.62. The molecule has 0 bridgehead atoms. The quantitative estimate of drug-likeness (QED) is 0.00862. The van der Waals surface area contributed by atoms with Crippen LogP contribution >= 0.6 is 34.8 Å². The molecule has 0 aliphatic carbocycles. The molecule has 138 heavy (non-hydrogen) atoms. The number of nitrogens with one attached hydrogen (secondary N) is 7. The number of H-pyrrole nitrogens is 5. The van der Waals surface area contributed by atoms with E-state index in [1.807, 2.05) is 214 Å². The van der Waals surface area contributed by atoms with Crippen LogP contribution in [-0.4, -0.2) is 158 Å². The molecule has 16 N–H and O–H groups in total. The Bertz CT molecular complexity index is 7390. The van der Waals surface area contributed by atoms with Gasteiger partial charge in [0, 0.05) is 131 Å². The number of ketones is 1. The van der Waals surface area contributed by atoms with Gasteiger partial charge < -0.3 is 72.4 Å². The number of benzene rings is 7. The highest BCUT2D eigenvalue weighted by Gasteiger charge is 2.52. The van der Waals surface area contributed by atoms with Gasteiger partial charge in [0.25, 0.3) is 0 Å². The molecule has 35 nitrogen and oxygen atoms in total. The molecule has 17 aromatic rings. The Morgan fingerprint density at radius 1 is 0.558 bits per heavy atom. The molecule has 7 aromatic carbocycles. The third-order valence-electron chi connectivity index (χ3n) is 21.5. The molecule has 3 aliphatic heterocycles. The van der Waals surface area contributed by atoms with Crippen molar-refractivity contribution in [2.75, 3.05) is 28.4 Å². The number of carboxylic acid groups (broad SMARTS) is 1. The van der Waals surface area contributed by atoms with Gasteiger partial charge in [0.2, 0.25) is 23.1 Å². The monoisotopic (exact) mass is 1910 g/mol. The number of rotatable bonds is 15. The van der Waals surface area contributed by atoms with Crippen molar-refractivity contribution in [3.8, 4) is 22.5 Å². The van der Waals surface area contributed by atoms with E-state index in [2.05, 4.69) is 101 Å². The van der Waals surface area contributed by atoms with Crippen molar-refractivity contribution in [1.29, 1.82) is 0 Å². The number of aryl methyl sites for hydroxylation is 4. The zero-order valence-corrected chi connectivity index (χ0v) is 78.8. The number of nitrogen functional groups attached to an aromatic ring is 1. The summed E-state index contributed by atoms with van der Waals surface area (Å²) in [6, 6.07) is 55.0. The van der Waals surface area contributed by atoms with Crippen LogP contribution in [0.4, 0.5) is 45.4 Å². The van der Waals surface area contributed by atoms with E-state index in [-0.39, 0.29) is 58.9 Å². The second-order valence-corrected chi connectivity index (χ2v) is 34.7. The molecule has 0 atom stereocenters. The second-order valence-electron chi connectivity index (χ2n) is 33.6. The second kappa shape index (κ2) is 43.5. The highest BCUT2D eigenvalue weighted by Crippen LogP contribution is 2.38. The number of allylic oxidation sites excluding steroid dienone is 1. The van der Waals surface area contributed by atoms with E-state index in [1.165, 1.54) is 41.6 Å². The van der Waals surface area contributed by atoms with Gasteiger partial charge in [0.1, 0.15) is 27.3 Å². The third kappa shape index (κ3) is 25.5. The molecule has 1 saturated heterocycles. The number of aromatic nitrogens is 17. The van der Waals surface area contributed by atoms with Crippen LogP contribution in [0.5, 0.6) is 0 Å². The largest absolute Gasteiger partial charge is 0.494 e. The van der Waals surface area contributed by atoms with Gasteiger partial charge in [-0.3, -0.25) is 25.0 Å². The van der Waals surface area contributed by atoms with Crippen molar-refractivity contribution < 1.29 is 43.1 Å². The van der Waals surface area contributed by atoms with Crippen LogP contribution < -0.4 is 43.9 Å². The first-order valence-corrected chi connectivity index (χ1v) is 43.8. The fourth-order valence-corrected chi connectivity index (χ4v) is 14.9. The number of fused-ring (bicyclic) bond motifs is 7. The standard InChI is InChI=1S/C26H20N8O.C21H16N6O2.C18H19ClN4O2.C16H20BNO4.C8H8N2.C5H4Cl2N2.C4H9N3.CH4/c1-15-8-22(33-26(30-15)31-20-4-5-21-19(10-20)14-29-34-21)17-2-3-18-12-24(32-23(18)11-17)25(35)9-16-6-7-27-28-13-16;1-11-6-17(12-2-3-13-9-19(20(28)29)25-18(13)8-12)26-21(23-11)24-15-4-5-16-14(7-15)10-22-27-16;1-11-7-15(19)22-16(21-11)23(17(24)25-18(2,3)4)14-6-5-12-9-20-10-13(12)8-14;1-15(2)16(3,4)22-17(21-15)11-7-6-10-8-13(14(19)20-5)18-12(10)9-11;9-8-2-1-6-4-10-5-7(6)3-8;1-3-2-4(6)9-5(7)8-3;5-2-1-4(7)3-6;/h2-8,10-14,32H,9H2,1H3,(H,29,34)(H,30,31,33);2-10,25H,1H3,(H,22,27)(H,28,29)(H,23,24,26);5-8,10H,9H2,1-4H3;6-9,18H,1-5H3;1-3,5H,4,9H2;2H,1H3;1-3H,5-7H2;1H4/b;;;;;;2-1-,4-3+;. The van der Waals surface area contributed by atoms with Crippen LogP contribution in [0.25, 0.3) is 77.0 Å². The van der Waals surface area contributed by atoms with Crippen molar-refractivity contribution in [3.05, 3.63) is 308 Å². The number of amides is 1.